The highest BCUT2D eigenvalue weighted by Gasteiger charge is 2.66. The molecule has 3 saturated heterocycles. The van der Waals surface area contributed by atoms with E-state index in [0.29, 0.717) is 31.1 Å². The number of phenolic OH excluding ortho intramolecular Hbond substituents is 1. The smallest absolute Gasteiger partial charge is 0.139 e. The second-order valence-corrected chi connectivity index (χ2v) is 14.0. The van der Waals surface area contributed by atoms with E-state index in [2.05, 4.69) is 39.1 Å². The van der Waals surface area contributed by atoms with Gasteiger partial charge in [0.05, 0.1) is 22.3 Å². The Morgan fingerprint density at radius 1 is 0.953 bits per heavy atom. The van der Waals surface area contributed by atoms with E-state index in [-0.39, 0.29) is 23.1 Å². The van der Waals surface area contributed by atoms with Gasteiger partial charge in [-0.25, -0.2) is 0 Å². The van der Waals surface area contributed by atoms with Crippen LogP contribution in [-0.4, -0.2) is 79.6 Å². The van der Waals surface area contributed by atoms with Crippen molar-refractivity contribution >= 4 is 33.2 Å². The molecule has 226 valence electrons. The van der Waals surface area contributed by atoms with Gasteiger partial charge in [-0.15, -0.1) is 0 Å². The molecule has 0 amide bonds. The number of Topliss-reactive ketones (excluding diaryl/α,β-unsaturated/α-hetero) is 1. The van der Waals surface area contributed by atoms with Gasteiger partial charge in [0.1, 0.15) is 11.5 Å². The number of piperidine rings is 1. The lowest BCUT2D eigenvalue weighted by Gasteiger charge is -2.58. The summed E-state index contributed by atoms with van der Waals surface area (Å²) in [4.78, 5) is 26.5. The van der Waals surface area contributed by atoms with Crippen molar-refractivity contribution in [2.24, 2.45) is 11.3 Å². The maximum atomic E-state index is 13.1. The lowest BCUT2D eigenvalue weighted by Crippen LogP contribution is -2.65. The van der Waals surface area contributed by atoms with Crippen molar-refractivity contribution in [3.8, 4) is 5.75 Å². The molecule has 8 rings (SSSR count). The summed E-state index contributed by atoms with van der Waals surface area (Å²) in [5.74, 6) is 0.898. The van der Waals surface area contributed by atoms with Crippen molar-refractivity contribution in [3.63, 3.8) is 0 Å². The Bertz CT molecular complexity index is 1630. The number of aliphatic hydroxyl groups is 1. The van der Waals surface area contributed by atoms with Gasteiger partial charge in [-0.05, 0) is 107 Å². The highest BCUT2D eigenvalue weighted by Crippen LogP contribution is 2.62. The number of nitrogens with one attached hydrogen (secondary N) is 1. The lowest BCUT2D eigenvalue weighted by atomic mass is 9.54. The Hall–Kier alpha value is -3.00. The number of hydrogen-bond donors (Lipinski definition) is 3. The molecule has 3 N–H and O–H groups in total. The van der Waals surface area contributed by atoms with E-state index in [0.717, 1.165) is 92.2 Å². The van der Waals surface area contributed by atoms with Crippen LogP contribution in [0.2, 0.25) is 0 Å². The monoisotopic (exact) mass is 580 g/mol. The normalized spacial score (nSPS) is 35.4. The van der Waals surface area contributed by atoms with Gasteiger partial charge in [-0.1, -0.05) is 24.3 Å². The first-order valence-corrected chi connectivity index (χ1v) is 16.7. The van der Waals surface area contributed by atoms with Crippen LogP contribution in [0.15, 0.2) is 48.7 Å². The van der Waals surface area contributed by atoms with Gasteiger partial charge in [0.15, 0.2) is 0 Å². The number of ketones is 1. The van der Waals surface area contributed by atoms with Crippen molar-refractivity contribution in [1.29, 1.82) is 0 Å². The molecule has 1 aromatic carbocycles. The fraction of sp³-hybridized carbons (Fsp3) is 0.556. The Balaban J connectivity index is 1.34. The second-order valence-electron chi connectivity index (χ2n) is 14.0. The minimum absolute atomic E-state index is 0.0230. The number of phenols is 1. The zero-order chi connectivity index (χ0) is 29.2. The first-order valence-electron chi connectivity index (χ1n) is 16.7. The van der Waals surface area contributed by atoms with Crippen molar-refractivity contribution in [3.05, 3.63) is 54.4 Å². The molecular weight excluding hydrogens is 536 g/mol. The van der Waals surface area contributed by atoms with Gasteiger partial charge >= 0.3 is 0 Å². The van der Waals surface area contributed by atoms with Gasteiger partial charge < -0.3 is 20.1 Å². The van der Waals surface area contributed by atoms with Gasteiger partial charge in [0.2, 0.25) is 0 Å². The summed E-state index contributed by atoms with van der Waals surface area (Å²) in [6.45, 7) is 4.02. The van der Waals surface area contributed by atoms with Gasteiger partial charge in [0.25, 0.3) is 0 Å². The summed E-state index contributed by atoms with van der Waals surface area (Å²) in [5, 5.41) is 25.8. The van der Waals surface area contributed by atoms with Crippen LogP contribution in [0.25, 0.3) is 27.4 Å². The Morgan fingerprint density at radius 3 is 2.77 bits per heavy atom. The molecule has 3 unspecified atom stereocenters. The van der Waals surface area contributed by atoms with Crippen LogP contribution in [-0.2, 0) is 4.79 Å². The van der Waals surface area contributed by atoms with Crippen LogP contribution < -0.4 is 0 Å². The van der Waals surface area contributed by atoms with E-state index >= 15 is 0 Å². The van der Waals surface area contributed by atoms with E-state index in [4.69, 9.17) is 4.98 Å². The Labute approximate surface area is 253 Å². The molecule has 0 saturated carbocycles. The molecular formula is C36H44N4O3. The molecule has 3 bridgehead atoms. The van der Waals surface area contributed by atoms with Gasteiger partial charge in [-0.2, -0.15) is 0 Å². The molecule has 7 nitrogen and oxygen atoms in total. The van der Waals surface area contributed by atoms with Crippen molar-refractivity contribution in [2.45, 2.75) is 88.3 Å². The largest absolute Gasteiger partial charge is 0.506 e. The second kappa shape index (κ2) is 10.6. The number of hydrogen-bond acceptors (Lipinski definition) is 6. The average Bonchev–Trinajstić information content (AvgIpc) is 3.52. The topological polar surface area (TPSA) is 92.7 Å². The molecule has 5 aliphatic rings. The highest BCUT2D eigenvalue weighted by molar-refractivity contribution is 6.11. The number of allylic oxidation sites excluding steroid dienone is 3. The highest BCUT2D eigenvalue weighted by atomic mass is 16.3. The van der Waals surface area contributed by atoms with E-state index in [1.165, 1.54) is 18.4 Å². The molecule has 3 fully saturated rings. The predicted octanol–water partition coefficient (Wildman–Crippen LogP) is 5.96. The third-order valence-electron chi connectivity index (χ3n) is 11.6. The molecule has 7 heteroatoms. The molecule has 0 radical (unpaired) electrons. The average molecular weight is 581 g/mol. The van der Waals surface area contributed by atoms with Crippen LogP contribution >= 0.6 is 0 Å². The number of H-pyrrole nitrogens is 1. The predicted molar refractivity (Wildman–Crippen MR) is 170 cm³/mol. The van der Waals surface area contributed by atoms with Crippen LogP contribution in [0, 0.1) is 11.3 Å². The Morgan fingerprint density at radius 2 is 1.84 bits per heavy atom. The van der Waals surface area contributed by atoms with Crippen molar-refractivity contribution in [2.75, 3.05) is 26.2 Å². The van der Waals surface area contributed by atoms with Gasteiger partial charge in [-0.3, -0.25) is 14.7 Å². The number of benzene rings is 1. The summed E-state index contributed by atoms with van der Waals surface area (Å²) in [6.07, 6.45) is 18.9. The number of aromatic hydroxyl groups is 1. The summed E-state index contributed by atoms with van der Waals surface area (Å²) in [6, 6.07) is 8.04. The zero-order valence-electron chi connectivity index (χ0n) is 25.1. The van der Waals surface area contributed by atoms with Crippen molar-refractivity contribution in [1.82, 2.24) is 19.8 Å². The minimum atomic E-state index is -1.01. The van der Waals surface area contributed by atoms with Crippen LogP contribution in [0.4, 0.5) is 0 Å². The maximum absolute atomic E-state index is 13.1. The third kappa shape index (κ3) is 4.41. The molecule has 6 heterocycles. The third-order valence-corrected chi connectivity index (χ3v) is 11.6. The fourth-order valence-corrected chi connectivity index (χ4v) is 9.92. The van der Waals surface area contributed by atoms with Crippen LogP contribution in [0.5, 0.6) is 5.75 Å². The summed E-state index contributed by atoms with van der Waals surface area (Å²) < 4.78 is 0. The first kappa shape index (κ1) is 27.5. The number of rotatable bonds is 1. The number of aromatic nitrogens is 2. The Kier molecular flexibility index (Phi) is 6.77. The number of carbonyl (C=O) groups excluding carboxylic acids is 1. The van der Waals surface area contributed by atoms with Gasteiger partial charge in [0, 0.05) is 53.9 Å². The lowest BCUT2D eigenvalue weighted by molar-refractivity contribution is -0.120. The number of pyridine rings is 1. The number of aromatic amines is 1. The summed E-state index contributed by atoms with van der Waals surface area (Å²) in [5.41, 5.74) is 2.63. The molecule has 1 spiro atoms. The first-order chi connectivity index (χ1) is 21.0. The molecule has 2 aromatic heterocycles. The molecule has 6 atom stereocenters. The van der Waals surface area contributed by atoms with Crippen LogP contribution in [0.3, 0.4) is 0 Å². The molecule has 3 aromatic rings. The van der Waals surface area contributed by atoms with Crippen LogP contribution in [0.1, 0.15) is 76.3 Å². The fourth-order valence-electron chi connectivity index (χ4n) is 9.92. The number of para-hydroxylation sites is 1. The zero-order valence-corrected chi connectivity index (χ0v) is 25.1. The molecule has 43 heavy (non-hydrogen) atoms. The standard InChI is InChI=1S/C36H44N4O3/c41-25-9-8-19-40-24(12-13-25)21-35-23-39-18-6-4-2-1-3-5-16-36(43,34(35)40)22-28(29(35)15-20-39)32-33-27(14-17-37-32)26-10-7-11-30(42)31(26)38-33/h1,3,7,10-11,14,17,22,24,29,34,38,42-43H,2,4-6,8-9,12-13,15-16,18-21,23H2/t24?,29-,34?,35-,36-/m0/s1. The van der Waals surface area contributed by atoms with E-state index in [1.807, 2.05) is 18.3 Å². The van der Waals surface area contributed by atoms with E-state index in [1.54, 1.807) is 6.07 Å². The minimum Gasteiger partial charge on any atom is -0.506 e. The summed E-state index contributed by atoms with van der Waals surface area (Å²) in [7, 11) is 0. The SMILES string of the molecule is O=C1CCCN2C(CC1)C[C@]13CN4CCCCC=CCC[C@](O)(C=C(c5nccc6c5[nH]c5c(O)cccc56)[C@@H]1CC4)C23. The number of fused-ring (bicyclic) bond motifs is 5. The molecule has 4 aliphatic heterocycles. The van der Waals surface area contributed by atoms with E-state index in [9.17, 15) is 15.0 Å². The van der Waals surface area contributed by atoms with E-state index < -0.39 is 5.60 Å². The summed E-state index contributed by atoms with van der Waals surface area (Å²) >= 11 is 0. The van der Waals surface area contributed by atoms with Crippen molar-refractivity contribution < 1.29 is 15.0 Å². The maximum Gasteiger partial charge on any atom is 0.139 e. The number of carbonyl (C=O) groups is 1. The molecule has 1 aliphatic carbocycles. The quantitative estimate of drug-likeness (QED) is 0.308. The number of nitrogens with zero attached hydrogens (tertiary/aromatic N) is 3.